The molecule has 41 heavy (non-hydrogen) atoms. The number of rotatable bonds is 8. The van der Waals surface area contributed by atoms with E-state index < -0.39 is 29.6 Å². The van der Waals surface area contributed by atoms with E-state index in [-0.39, 0.29) is 29.1 Å². The first-order chi connectivity index (χ1) is 18.9. The van der Waals surface area contributed by atoms with E-state index in [1.807, 2.05) is 12.1 Å². The maximum Gasteiger partial charge on any atom is 0.416 e. The standard InChI is InChI=1S/C29H31F3N2O6.ClH/c1-16-24(27(35)36)25(17-5-7-20(8-6-17)29(30,31)32)26(28(37)38)21(33(16)2)10-12-34-11-9-18-13-22(39-3)23(40-4)14-19(18)15-34;/h5-8,13-14,25H,9-12,15H2,1-4H3,(H,35,36)(H,37,38);1H. The number of aliphatic carboxylic acids is 2. The van der Waals surface area contributed by atoms with Crippen LogP contribution >= 0.6 is 12.4 Å². The summed E-state index contributed by atoms with van der Waals surface area (Å²) in [5, 5.41) is 20.3. The van der Waals surface area contributed by atoms with Crippen molar-refractivity contribution in [2.24, 2.45) is 0 Å². The van der Waals surface area contributed by atoms with Gasteiger partial charge in [-0.15, -0.1) is 12.4 Å². The van der Waals surface area contributed by atoms with Gasteiger partial charge in [-0.25, -0.2) is 9.59 Å². The van der Waals surface area contributed by atoms with Crippen molar-refractivity contribution in [3.63, 3.8) is 0 Å². The minimum absolute atomic E-state index is 0. The van der Waals surface area contributed by atoms with Crippen LogP contribution in [0, 0.1) is 0 Å². The number of methoxy groups -OCH3 is 2. The molecule has 2 heterocycles. The highest BCUT2D eigenvalue weighted by Crippen LogP contribution is 2.43. The fourth-order valence-electron chi connectivity index (χ4n) is 5.51. The van der Waals surface area contributed by atoms with Crippen molar-refractivity contribution < 1.29 is 42.4 Å². The Bertz CT molecular complexity index is 1390. The second-order valence-corrected chi connectivity index (χ2v) is 9.83. The van der Waals surface area contributed by atoms with Crippen molar-refractivity contribution in [1.82, 2.24) is 9.80 Å². The van der Waals surface area contributed by atoms with Crippen LogP contribution in [-0.2, 0) is 28.7 Å². The van der Waals surface area contributed by atoms with Crippen LogP contribution in [0.15, 0.2) is 58.9 Å². The first kappa shape index (κ1) is 31.8. The Morgan fingerprint density at radius 3 is 2.05 bits per heavy atom. The van der Waals surface area contributed by atoms with Gasteiger partial charge in [0.1, 0.15) is 0 Å². The first-order valence-corrected chi connectivity index (χ1v) is 12.6. The minimum Gasteiger partial charge on any atom is -0.493 e. The number of nitrogens with zero attached hydrogens (tertiary/aromatic N) is 2. The summed E-state index contributed by atoms with van der Waals surface area (Å²) < 4.78 is 50.3. The molecular weight excluding hydrogens is 565 g/mol. The molecule has 12 heteroatoms. The molecule has 0 radical (unpaired) electrons. The van der Waals surface area contributed by atoms with E-state index in [1.54, 1.807) is 33.1 Å². The molecule has 2 N–H and O–H groups in total. The van der Waals surface area contributed by atoms with Gasteiger partial charge in [0.05, 0.1) is 36.8 Å². The average Bonchev–Trinajstić information content (AvgIpc) is 2.91. The number of alkyl halides is 3. The lowest BCUT2D eigenvalue weighted by molar-refractivity contribution is -0.138. The highest BCUT2D eigenvalue weighted by atomic mass is 35.5. The van der Waals surface area contributed by atoms with E-state index >= 15 is 0 Å². The van der Waals surface area contributed by atoms with Crippen LogP contribution in [0.1, 0.15) is 41.5 Å². The number of carboxylic acid groups (broad SMARTS) is 2. The third-order valence-electron chi connectivity index (χ3n) is 7.68. The number of halogens is 4. The molecule has 2 aromatic carbocycles. The Kier molecular flexibility index (Phi) is 9.66. The van der Waals surface area contributed by atoms with Crippen molar-refractivity contribution in [3.05, 3.63) is 81.2 Å². The molecule has 0 aromatic heterocycles. The number of carboxylic acids is 2. The second kappa shape index (κ2) is 12.4. The molecule has 4 rings (SSSR count). The molecule has 0 saturated heterocycles. The van der Waals surface area contributed by atoms with E-state index in [4.69, 9.17) is 9.47 Å². The van der Waals surface area contributed by atoms with Crippen LogP contribution < -0.4 is 9.47 Å². The minimum atomic E-state index is -4.58. The lowest BCUT2D eigenvalue weighted by atomic mass is 9.79. The maximum atomic E-state index is 13.2. The number of carbonyl (C=O) groups is 2. The zero-order chi connectivity index (χ0) is 29.4. The first-order valence-electron chi connectivity index (χ1n) is 12.6. The van der Waals surface area contributed by atoms with Crippen LogP contribution in [0.25, 0.3) is 0 Å². The summed E-state index contributed by atoms with van der Waals surface area (Å²) in [5.74, 6) is -2.61. The van der Waals surface area contributed by atoms with Crippen molar-refractivity contribution in [3.8, 4) is 11.5 Å². The zero-order valence-electron chi connectivity index (χ0n) is 23.0. The summed E-state index contributed by atoms with van der Waals surface area (Å²) in [5.41, 5.74) is 1.88. The summed E-state index contributed by atoms with van der Waals surface area (Å²) in [4.78, 5) is 28.7. The van der Waals surface area contributed by atoms with Gasteiger partial charge < -0.3 is 24.6 Å². The normalized spacial score (nSPS) is 17.6. The van der Waals surface area contributed by atoms with Crippen LogP contribution in [0.3, 0.4) is 0 Å². The van der Waals surface area contributed by atoms with Crippen molar-refractivity contribution >= 4 is 24.3 Å². The Morgan fingerprint density at radius 1 is 0.976 bits per heavy atom. The van der Waals surface area contributed by atoms with E-state index in [1.165, 1.54) is 0 Å². The Hall–Kier alpha value is -3.70. The molecule has 8 nitrogen and oxygen atoms in total. The topological polar surface area (TPSA) is 99.5 Å². The van der Waals surface area contributed by atoms with E-state index in [9.17, 15) is 33.0 Å². The summed E-state index contributed by atoms with van der Waals surface area (Å²) in [6.07, 6.45) is -3.53. The molecule has 0 bridgehead atoms. The molecule has 0 amide bonds. The lowest BCUT2D eigenvalue weighted by Crippen LogP contribution is -2.36. The Balaban J connectivity index is 0.00000462. The molecular formula is C29H32ClF3N2O6. The van der Waals surface area contributed by atoms with Gasteiger partial charge in [-0.3, -0.25) is 4.90 Å². The predicted octanol–water partition coefficient (Wildman–Crippen LogP) is 5.32. The van der Waals surface area contributed by atoms with Gasteiger partial charge in [0, 0.05) is 44.5 Å². The molecule has 1 unspecified atom stereocenters. The van der Waals surface area contributed by atoms with Gasteiger partial charge in [-0.2, -0.15) is 13.2 Å². The third-order valence-corrected chi connectivity index (χ3v) is 7.68. The van der Waals surface area contributed by atoms with Crippen LogP contribution in [-0.4, -0.2) is 66.3 Å². The summed E-state index contributed by atoms with van der Waals surface area (Å²) >= 11 is 0. The molecule has 2 aromatic rings. The fourth-order valence-corrected chi connectivity index (χ4v) is 5.51. The van der Waals surface area contributed by atoms with Gasteiger partial charge in [-0.1, -0.05) is 12.1 Å². The molecule has 0 fully saturated rings. The maximum absolute atomic E-state index is 13.2. The number of ether oxygens (including phenoxy) is 2. The number of hydrogen-bond donors (Lipinski definition) is 2. The van der Waals surface area contributed by atoms with Crippen molar-refractivity contribution in [2.45, 2.75) is 38.4 Å². The molecule has 222 valence electrons. The van der Waals surface area contributed by atoms with E-state index in [0.717, 1.165) is 48.4 Å². The number of benzene rings is 2. The molecule has 0 saturated carbocycles. The summed E-state index contributed by atoms with van der Waals surface area (Å²) in [6.45, 7) is 3.39. The second-order valence-electron chi connectivity index (χ2n) is 9.83. The molecule has 0 aliphatic carbocycles. The summed E-state index contributed by atoms with van der Waals surface area (Å²) in [7, 11) is 4.76. The SMILES string of the molecule is COc1cc2c(cc1OC)CN(CCC1=C(C(=O)O)C(c3ccc(C(F)(F)F)cc3)C(C(=O)O)=C(C)N1C)CC2.Cl. The number of allylic oxidation sites excluding steroid dienone is 1. The van der Waals surface area contributed by atoms with Gasteiger partial charge in [0.2, 0.25) is 0 Å². The number of hydrogen-bond acceptors (Lipinski definition) is 6. The molecule has 1 atom stereocenters. The lowest BCUT2D eigenvalue weighted by Gasteiger charge is -2.37. The van der Waals surface area contributed by atoms with Gasteiger partial charge >= 0.3 is 18.1 Å². The molecule has 2 aliphatic rings. The quantitative estimate of drug-likeness (QED) is 0.423. The van der Waals surface area contributed by atoms with Crippen LogP contribution in [0.5, 0.6) is 11.5 Å². The largest absolute Gasteiger partial charge is 0.493 e. The van der Waals surface area contributed by atoms with Crippen molar-refractivity contribution in [1.29, 1.82) is 0 Å². The van der Waals surface area contributed by atoms with E-state index in [0.29, 0.717) is 42.4 Å². The van der Waals surface area contributed by atoms with E-state index in [2.05, 4.69) is 4.90 Å². The third kappa shape index (κ3) is 6.31. The summed E-state index contributed by atoms with van der Waals surface area (Å²) in [6, 6.07) is 7.88. The van der Waals surface area contributed by atoms with Crippen LogP contribution in [0.2, 0.25) is 0 Å². The highest BCUT2D eigenvalue weighted by molar-refractivity contribution is 5.98. The zero-order valence-corrected chi connectivity index (χ0v) is 23.9. The Labute approximate surface area is 242 Å². The molecule has 0 spiro atoms. The van der Waals surface area contributed by atoms with Crippen molar-refractivity contribution in [2.75, 3.05) is 34.4 Å². The van der Waals surface area contributed by atoms with Crippen LogP contribution in [0.4, 0.5) is 13.2 Å². The fraction of sp³-hybridized carbons (Fsp3) is 0.379. The molecule has 2 aliphatic heterocycles. The number of fused-ring (bicyclic) bond motifs is 1. The highest BCUT2D eigenvalue weighted by Gasteiger charge is 2.40. The van der Waals surface area contributed by atoms with Gasteiger partial charge in [-0.05, 0) is 54.3 Å². The van der Waals surface area contributed by atoms with Gasteiger partial charge in [0.25, 0.3) is 0 Å². The smallest absolute Gasteiger partial charge is 0.416 e. The predicted molar refractivity (Wildman–Crippen MR) is 147 cm³/mol. The average molecular weight is 597 g/mol. The monoisotopic (exact) mass is 596 g/mol. The van der Waals surface area contributed by atoms with Gasteiger partial charge in [0.15, 0.2) is 11.5 Å². The Morgan fingerprint density at radius 2 is 1.54 bits per heavy atom.